The van der Waals surface area contributed by atoms with Crippen LogP contribution in [0.5, 0.6) is 0 Å². The van der Waals surface area contributed by atoms with Gasteiger partial charge in [0.05, 0.1) is 20.2 Å². The average Bonchev–Trinajstić information content (AvgIpc) is 2.99. The van der Waals surface area contributed by atoms with Gasteiger partial charge in [-0.05, 0) is 62.0 Å². The van der Waals surface area contributed by atoms with Crippen LogP contribution in [0.15, 0.2) is 91.3 Å². The highest BCUT2D eigenvalue weighted by atomic mass is 15.3. The maximum Gasteiger partial charge on any atom is 0.134 e. The number of aromatic nitrogens is 2. The summed E-state index contributed by atoms with van der Waals surface area (Å²) in [4.78, 5) is 13.5. The Balaban J connectivity index is 0.00000121. The highest BCUT2D eigenvalue weighted by molar-refractivity contribution is 6.08. The molecule has 0 aliphatic carbocycles. The quantitative estimate of drug-likeness (QED) is 0.175. The van der Waals surface area contributed by atoms with Crippen LogP contribution in [0, 0.1) is 0 Å². The number of rotatable bonds is 10. The van der Waals surface area contributed by atoms with E-state index in [4.69, 9.17) is 7.85 Å². The smallest absolute Gasteiger partial charge is 0.134 e. The van der Waals surface area contributed by atoms with Crippen LogP contribution in [-0.2, 0) is 0 Å². The van der Waals surface area contributed by atoms with Crippen molar-refractivity contribution in [2.45, 2.75) is 40.9 Å². The molecule has 0 fully saturated rings. The molecule has 4 rings (SSSR count). The Labute approximate surface area is 231 Å². The minimum absolute atomic E-state index is 0.661. The van der Waals surface area contributed by atoms with E-state index in [0.29, 0.717) is 6.32 Å². The molecule has 1 heterocycles. The highest BCUT2D eigenvalue weighted by Crippen LogP contribution is 2.27. The molecule has 0 saturated carbocycles. The normalized spacial score (nSPS) is 10.1. The van der Waals surface area contributed by atoms with Gasteiger partial charge in [-0.3, -0.25) is 4.90 Å². The van der Waals surface area contributed by atoms with Crippen molar-refractivity contribution >= 4 is 25.0 Å². The van der Waals surface area contributed by atoms with Gasteiger partial charge in [0.2, 0.25) is 0 Å². The third-order valence-electron chi connectivity index (χ3n) is 5.74. The van der Waals surface area contributed by atoms with Crippen molar-refractivity contribution in [3.05, 3.63) is 91.3 Å². The number of hydrogen-bond donors (Lipinski definition) is 1. The van der Waals surface area contributed by atoms with E-state index < -0.39 is 0 Å². The predicted molar refractivity (Wildman–Crippen MR) is 166 cm³/mol. The molecule has 5 nitrogen and oxygen atoms in total. The zero-order chi connectivity index (χ0) is 27.8. The summed E-state index contributed by atoms with van der Waals surface area (Å²) in [7, 11) is 7.77. The van der Waals surface area contributed by atoms with Gasteiger partial charge in [-0.25, -0.2) is 9.97 Å². The zero-order valence-electron chi connectivity index (χ0n) is 23.9. The number of nitrogens with zero attached hydrogens (tertiary/aromatic N) is 4. The molecular formula is C32H42BN5. The fourth-order valence-corrected chi connectivity index (χ4v) is 3.92. The van der Waals surface area contributed by atoms with Crippen molar-refractivity contribution in [2.24, 2.45) is 0 Å². The number of nitrogens with one attached hydrogen (secondary N) is 1. The van der Waals surface area contributed by atoms with Gasteiger partial charge in [-0.1, -0.05) is 82.5 Å². The molecule has 198 valence electrons. The topological polar surface area (TPSA) is 44.3 Å². The molecule has 4 aromatic rings. The van der Waals surface area contributed by atoms with Gasteiger partial charge >= 0.3 is 0 Å². The number of hydrogen-bond acceptors (Lipinski definition) is 5. The van der Waals surface area contributed by atoms with E-state index in [-0.39, 0.29) is 0 Å². The average molecular weight is 508 g/mol. The van der Waals surface area contributed by atoms with Gasteiger partial charge in [-0.2, -0.15) is 0 Å². The van der Waals surface area contributed by atoms with Crippen LogP contribution in [0.1, 0.15) is 34.6 Å². The van der Waals surface area contributed by atoms with Gasteiger partial charge in [0.1, 0.15) is 12.1 Å². The second kappa shape index (κ2) is 17.0. The van der Waals surface area contributed by atoms with Crippen LogP contribution in [0.25, 0.3) is 22.4 Å². The van der Waals surface area contributed by atoms with Gasteiger partial charge in [-0.15, -0.1) is 0 Å². The van der Waals surface area contributed by atoms with E-state index in [0.717, 1.165) is 42.5 Å². The minimum atomic E-state index is 0.661. The third kappa shape index (κ3) is 9.03. The molecule has 2 radical (unpaired) electrons. The Morgan fingerprint density at radius 2 is 1.42 bits per heavy atom. The first-order valence-electron chi connectivity index (χ1n) is 13.6. The summed E-state index contributed by atoms with van der Waals surface area (Å²) in [5.74, 6) is 0.762. The summed E-state index contributed by atoms with van der Waals surface area (Å²) < 4.78 is 0. The van der Waals surface area contributed by atoms with E-state index in [1.807, 2.05) is 39.8 Å². The summed E-state index contributed by atoms with van der Waals surface area (Å²) in [5, 5.41) is 3.41. The Morgan fingerprint density at radius 3 is 2.08 bits per heavy atom. The van der Waals surface area contributed by atoms with Crippen molar-refractivity contribution in [3.8, 4) is 22.4 Å². The largest absolute Gasteiger partial charge is 0.359 e. The monoisotopic (exact) mass is 507 g/mol. The molecule has 38 heavy (non-hydrogen) atoms. The first kappa shape index (κ1) is 30.6. The zero-order valence-corrected chi connectivity index (χ0v) is 23.9. The molecule has 0 atom stereocenters. The predicted octanol–water partition coefficient (Wildman–Crippen LogP) is 7.91. The fraction of sp³-hybridized carbons (Fsp3) is 0.312. The number of benzene rings is 3. The molecule has 3 aromatic carbocycles. The summed E-state index contributed by atoms with van der Waals surface area (Å²) in [5.41, 5.74) is 6.46. The molecule has 0 saturated heterocycles. The summed E-state index contributed by atoms with van der Waals surface area (Å²) in [6, 6.07) is 29.2. The standard InChI is InChI=1S/C28H30BN5.2C2H6/c1-3-34(21-33(2)17-16-29)26-14-12-25(13-15-26)32-28-19-27(30-20-31-28)24-11-7-10-23(18-24)22-8-5-4-6-9-22;2*1-2/h4-15,18-20H,3,16-17,21H2,1-2H3,(H,30,31,32);2*1-2H3. The first-order chi connectivity index (χ1) is 18.7. The SMILES string of the molecule is CC.CC.[B]CCN(C)CN(CC)c1ccc(Nc2cc(-c3cccc(-c4ccccc4)c3)ncn2)cc1. The van der Waals surface area contributed by atoms with Gasteiger partial charge in [0, 0.05) is 29.5 Å². The Kier molecular flexibility index (Phi) is 13.7. The maximum absolute atomic E-state index is 5.68. The molecule has 0 unspecified atom stereocenters. The van der Waals surface area contributed by atoms with Crippen molar-refractivity contribution < 1.29 is 0 Å². The lowest BCUT2D eigenvalue weighted by Gasteiger charge is -2.28. The van der Waals surface area contributed by atoms with Gasteiger partial charge < -0.3 is 10.2 Å². The van der Waals surface area contributed by atoms with Gasteiger partial charge in [0.15, 0.2) is 0 Å². The molecule has 1 aromatic heterocycles. The highest BCUT2D eigenvalue weighted by Gasteiger charge is 2.08. The lowest BCUT2D eigenvalue weighted by atomic mass is 10.0. The van der Waals surface area contributed by atoms with E-state index >= 15 is 0 Å². The van der Waals surface area contributed by atoms with Crippen molar-refractivity contribution in [3.63, 3.8) is 0 Å². The van der Waals surface area contributed by atoms with Crippen molar-refractivity contribution in [1.29, 1.82) is 0 Å². The van der Waals surface area contributed by atoms with Crippen LogP contribution in [0.4, 0.5) is 17.2 Å². The van der Waals surface area contributed by atoms with E-state index in [2.05, 4.69) is 112 Å². The molecule has 0 bridgehead atoms. The molecule has 0 spiro atoms. The molecular weight excluding hydrogens is 465 g/mol. The lowest BCUT2D eigenvalue weighted by molar-refractivity contribution is 0.351. The lowest BCUT2D eigenvalue weighted by Crippen LogP contribution is -2.36. The molecule has 6 heteroatoms. The van der Waals surface area contributed by atoms with Crippen LogP contribution in [-0.4, -0.2) is 49.5 Å². The second-order valence-corrected chi connectivity index (χ2v) is 8.27. The Morgan fingerprint density at radius 1 is 0.763 bits per heavy atom. The summed E-state index contributed by atoms with van der Waals surface area (Å²) >= 11 is 0. The Hall–Kier alpha value is -3.64. The Bertz CT molecular complexity index is 1180. The molecule has 0 aliphatic rings. The second-order valence-electron chi connectivity index (χ2n) is 8.27. The molecule has 0 amide bonds. The third-order valence-corrected chi connectivity index (χ3v) is 5.74. The van der Waals surface area contributed by atoms with E-state index in [1.165, 1.54) is 16.8 Å². The summed E-state index contributed by atoms with van der Waals surface area (Å²) in [6.07, 6.45) is 2.27. The molecule has 0 aliphatic heterocycles. The minimum Gasteiger partial charge on any atom is -0.359 e. The van der Waals surface area contributed by atoms with Crippen LogP contribution >= 0.6 is 0 Å². The van der Waals surface area contributed by atoms with Crippen LogP contribution in [0.3, 0.4) is 0 Å². The summed E-state index contributed by atoms with van der Waals surface area (Å²) in [6.45, 7) is 12.8. The first-order valence-corrected chi connectivity index (χ1v) is 13.6. The van der Waals surface area contributed by atoms with Crippen molar-refractivity contribution in [1.82, 2.24) is 14.9 Å². The van der Waals surface area contributed by atoms with Crippen molar-refractivity contribution in [2.75, 3.05) is 37.0 Å². The van der Waals surface area contributed by atoms with E-state index in [9.17, 15) is 0 Å². The fourth-order valence-electron chi connectivity index (χ4n) is 3.92. The van der Waals surface area contributed by atoms with Crippen LogP contribution < -0.4 is 10.2 Å². The molecule has 1 N–H and O–H groups in total. The maximum atomic E-state index is 5.68. The van der Waals surface area contributed by atoms with E-state index in [1.54, 1.807) is 6.33 Å². The van der Waals surface area contributed by atoms with Crippen LogP contribution in [0.2, 0.25) is 6.32 Å². The number of anilines is 3. The van der Waals surface area contributed by atoms with Gasteiger partial charge in [0.25, 0.3) is 0 Å².